The molecule has 1 rings (SSSR count). The van der Waals surface area contributed by atoms with Gasteiger partial charge in [0.1, 0.15) is 0 Å². The minimum absolute atomic E-state index is 0.655. The maximum atomic E-state index is 5.55. The van der Waals surface area contributed by atoms with Crippen molar-refractivity contribution >= 4 is 0 Å². The second-order valence-corrected chi connectivity index (χ2v) is 5.08. The fraction of sp³-hybridized carbons (Fsp3) is 1.00. The first-order chi connectivity index (χ1) is 8.36. The summed E-state index contributed by atoms with van der Waals surface area (Å²) >= 11 is 0. The van der Waals surface area contributed by atoms with Gasteiger partial charge in [0.25, 0.3) is 0 Å². The lowest BCUT2D eigenvalue weighted by Gasteiger charge is -2.30. The van der Waals surface area contributed by atoms with Crippen molar-refractivity contribution in [1.82, 2.24) is 5.32 Å². The first-order valence-electron chi connectivity index (χ1n) is 7.16. The van der Waals surface area contributed by atoms with Gasteiger partial charge in [-0.1, -0.05) is 26.2 Å². The van der Waals surface area contributed by atoms with E-state index in [9.17, 15) is 0 Å². The average molecular weight is 243 g/mol. The second kappa shape index (κ2) is 9.86. The molecule has 1 fully saturated rings. The summed E-state index contributed by atoms with van der Waals surface area (Å²) in [6.07, 6.45) is 8.01. The lowest BCUT2D eigenvalue weighted by molar-refractivity contribution is 0.0638. The average Bonchev–Trinajstić information content (AvgIpc) is 2.29. The first-order valence-corrected chi connectivity index (χ1v) is 7.16. The second-order valence-electron chi connectivity index (χ2n) is 5.08. The zero-order valence-corrected chi connectivity index (χ0v) is 11.5. The van der Waals surface area contributed by atoms with Gasteiger partial charge in [0, 0.05) is 19.8 Å². The van der Waals surface area contributed by atoms with Gasteiger partial charge >= 0.3 is 0 Å². The molecule has 0 spiro atoms. The largest absolute Gasteiger partial charge is 0.382 e. The number of rotatable bonds is 11. The number of nitrogens with one attached hydrogen (secondary N) is 1. The van der Waals surface area contributed by atoms with E-state index in [2.05, 4.69) is 12.2 Å². The van der Waals surface area contributed by atoms with Crippen LogP contribution < -0.4 is 5.32 Å². The predicted molar refractivity (Wildman–Crippen MR) is 71.4 cm³/mol. The van der Waals surface area contributed by atoms with Crippen LogP contribution in [0, 0.1) is 5.92 Å². The highest BCUT2D eigenvalue weighted by Gasteiger charge is 2.21. The van der Waals surface area contributed by atoms with Gasteiger partial charge in [0.05, 0.1) is 13.2 Å². The molecule has 1 saturated carbocycles. The molecule has 1 aliphatic carbocycles. The zero-order valence-electron chi connectivity index (χ0n) is 11.5. The Morgan fingerprint density at radius 2 is 2.06 bits per heavy atom. The molecule has 3 heteroatoms. The van der Waals surface area contributed by atoms with Crippen LogP contribution in [0.1, 0.15) is 45.4 Å². The number of ether oxygens (including phenoxy) is 2. The Morgan fingerprint density at radius 1 is 1.24 bits per heavy atom. The van der Waals surface area contributed by atoms with Crippen LogP contribution in [-0.4, -0.2) is 39.5 Å². The van der Waals surface area contributed by atoms with Crippen molar-refractivity contribution in [3.63, 3.8) is 0 Å². The highest BCUT2D eigenvalue weighted by Crippen LogP contribution is 2.31. The third-order valence-electron chi connectivity index (χ3n) is 3.57. The van der Waals surface area contributed by atoms with E-state index in [-0.39, 0.29) is 0 Å². The Labute approximate surface area is 106 Å². The molecule has 1 unspecified atom stereocenters. The monoisotopic (exact) mass is 243 g/mol. The molecule has 0 saturated heterocycles. The van der Waals surface area contributed by atoms with E-state index in [1.165, 1.54) is 32.1 Å². The zero-order chi connectivity index (χ0) is 12.3. The first kappa shape index (κ1) is 14.9. The number of hydrogen-bond acceptors (Lipinski definition) is 3. The van der Waals surface area contributed by atoms with Crippen LogP contribution in [-0.2, 0) is 9.47 Å². The van der Waals surface area contributed by atoms with Gasteiger partial charge < -0.3 is 14.8 Å². The molecule has 1 atom stereocenters. The highest BCUT2D eigenvalue weighted by atomic mass is 16.5. The lowest BCUT2D eigenvalue weighted by Crippen LogP contribution is -2.34. The Hall–Kier alpha value is -0.120. The van der Waals surface area contributed by atoms with Crippen molar-refractivity contribution in [3.8, 4) is 0 Å². The molecular weight excluding hydrogens is 214 g/mol. The van der Waals surface area contributed by atoms with Crippen molar-refractivity contribution < 1.29 is 9.47 Å². The van der Waals surface area contributed by atoms with E-state index in [4.69, 9.17) is 9.47 Å². The summed E-state index contributed by atoms with van der Waals surface area (Å²) in [4.78, 5) is 0. The Morgan fingerprint density at radius 3 is 2.65 bits per heavy atom. The molecule has 3 nitrogen and oxygen atoms in total. The van der Waals surface area contributed by atoms with Gasteiger partial charge in [-0.2, -0.15) is 0 Å². The molecule has 0 aliphatic heterocycles. The van der Waals surface area contributed by atoms with Crippen LogP contribution >= 0.6 is 0 Å². The van der Waals surface area contributed by atoms with Crippen LogP contribution in [0.25, 0.3) is 0 Å². The summed E-state index contributed by atoms with van der Waals surface area (Å²) in [7, 11) is 1.71. The van der Waals surface area contributed by atoms with Crippen LogP contribution in [0.15, 0.2) is 0 Å². The van der Waals surface area contributed by atoms with Crippen molar-refractivity contribution in [2.24, 2.45) is 5.92 Å². The standard InChI is InChI=1S/C14H29NO2/c1-3-8-15-14(12-13-5-4-6-13)7-9-17-11-10-16-2/h13-15H,3-12H2,1-2H3. The van der Waals surface area contributed by atoms with Gasteiger partial charge in [-0.3, -0.25) is 0 Å². The molecule has 17 heavy (non-hydrogen) atoms. The van der Waals surface area contributed by atoms with Crippen molar-refractivity contribution in [2.75, 3.05) is 33.5 Å². The van der Waals surface area contributed by atoms with Gasteiger partial charge in [-0.15, -0.1) is 0 Å². The molecule has 1 N–H and O–H groups in total. The fourth-order valence-electron chi connectivity index (χ4n) is 2.25. The van der Waals surface area contributed by atoms with Gasteiger partial charge in [0.15, 0.2) is 0 Å². The summed E-state index contributed by atoms with van der Waals surface area (Å²) in [5.41, 5.74) is 0. The minimum atomic E-state index is 0.655. The van der Waals surface area contributed by atoms with Crippen LogP contribution in [0.5, 0.6) is 0 Å². The minimum Gasteiger partial charge on any atom is -0.382 e. The lowest BCUT2D eigenvalue weighted by atomic mass is 9.80. The van der Waals surface area contributed by atoms with Gasteiger partial charge in [-0.05, 0) is 31.7 Å². The van der Waals surface area contributed by atoms with Crippen LogP contribution in [0.4, 0.5) is 0 Å². The molecule has 0 radical (unpaired) electrons. The summed E-state index contributed by atoms with van der Waals surface area (Å²) in [5, 5.41) is 3.65. The van der Waals surface area contributed by atoms with E-state index < -0.39 is 0 Å². The molecule has 0 bridgehead atoms. The van der Waals surface area contributed by atoms with E-state index in [0.717, 1.165) is 32.1 Å². The summed E-state index contributed by atoms with van der Waals surface area (Å²) < 4.78 is 10.5. The van der Waals surface area contributed by atoms with E-state index in [1.807, 2.05) is 0 Å². The summed E-state index contributed by atoms with van der Waals surface area (Å²) in [5.74, 6) is 0.975. The third-order valence-corrected chi connectivity index (χ3v) is 3.57. The van der Waals surface area contributed by atoms with Crippen LogP contribution in [0.2, 0.25) is 0 Å². The molecule has 0 heterocycles. The molecule has 1 aliphatic rings. The van der Waals surface area contributed by atoms with E-state index in [1.54, 1.807) is 7.11 Å². The smallest absolute Gasteiger partial charge is 0.0700 e. The summed E-state index contributed by atoms with van der Waals surface area (Å²) in [6.45, 7) is 5.64. The normalized spacial score (nSPS) is 18.0. The molecular formula is C14H29NO2. The number of methoxy groups -OCH3 is 1. The Kier molecular flexibility index (Phi) is 8.67. The van der Waals surface area contributed by atoms with Crippen LogP contribution in [0.3, 0.4) is 0 Å². The fourth-order valence-corrected chi connectivity index (χ4v) is 2.25. The third kappa shape index (κ3) is 7.02. The molecule has 102 valence electrons. The van der Waals surface area contributed by atoms with Crippen molar-refractivity contribution in [3.05, 3.63) is 0 Å². The molecule has 0 aromatic heterocycles. The highest BCUT2D eigenvalue weighted by molar-refractivity contribution is 4.77. The Bertz CT molecular complexity index is 172. The molecule has 0 aromatic rings. The Balaban J connectivity index is 2.06. The van der Waals surface area contributed by atoms with Crippen molar-refractivity contribution in [2.45, 2.75) is 51.5 Å². The van der Waals surface area contributed by atoms with Gasteiger partial charge in [-0.25, -0.2) is 0 Å². The van der Waals surface area contributed by atoms with E-state index >= 15 is 0 Å². The summed E-state index contributed by atoms with van der Waals surface area (Å²) in [6, 6.07) is 0.655. The van der Waals surface area contributed by atoms with Gasteiger partial charge in [0.2, 0.25) is 0 Å². The number of hydrogen-bond donors (Lipinski definition) is 1. The molecule has 0 aromatic carbocycles. The SMILES string of the molecule is CCCNC(CCOCCOC)CC1CCC1. The topological polar surface area (TPSA) is 30.5 Å². The van der Waals surface area contributed by atoms with Crippen molar-refractivity contribution in [1.29, 1.82) is 0 Å². The quantitative estimate of drug-likeness (QED) is 0.566. The maximum Gasteiger partial charge on any atom is 0.0700 e. The predicted octanol–water partition coefficient (Wildman–Crippen LogP) is 2.60. The van der Waals surface area contributed by atoms with E-state index in [0.29, 0.717) is 12.6 Å². The molecule has 0 amide bonds. The maximum absolute atomic E-state index is 5.55.